The molecule has 0 amide bonds. The zero-order valence-electron chi connectivity index (χ0n) is 9.88. The fraction of sp³-hybridized carbons (Fsp3) is 0.0769. The maximum Gasteiger partial charge on any atom is 0.316 e. The molecule has 100 valence electrons. The van der Waals surface area contributed by atoms with Crippen molar-refractivity contribution in [3.8, 4) is 11.5 Å². The molecule has 0 spiro atoms. The molecule has 0 fully saturated rings. The average Bonchev–Trinajstić information content (AvgIpc) is 2.41. The molecule has 0 radical (unpaired) electrons. The van der Waals surface area contributed by atoms with Crippen molar-refractivity contribution in [2.75, 3.05) is 0 Å². The molecule has 4 nitrogen and oxygen atoms in total. The summed E-state index contributed by atoms with van der Waals surface area (Å²) in [7, 11) is -3.00. The lowest BCUT2D eigenvalue weighted by Gasteiger charge is -2.08. The van der Waals surface area contributed by atoms with E-state index in [0.29, 0.717) is 11.3 Å². The van der Waals surface area contributed by atoms with Crippen molar-refractivity contribution in [2.45, 2.75) is 6.61 Å². The molecule has 0 bridgehead atoms. The molecule has 2 rings (SSSR count). The van der Waals surface area contributed by atoms with E-state index < -0.39 is 14.1 Å². The van der Waals surface area contributed by atoms with Crippen LogP contribution in [0.25, 0.3) is 0 Å². The Kier molecular flexibility index (Phi) is 4.68. The van der Waals surface area contributed by atoms with Crippen LogP contribution in [0.2, 0.25) is 0 Å². The molecule has 2 aromatic rings. The van der Waals surface area contributed by atoms with E-state index in [4.69, 9.17) is 9.63 Å². The van der Waals surface area contributed by atoms with Crippen molar-refractivity contribution in [2.24, 2.45) is 0 Å². The Morgan fingerprint density at radius 1 is 1.16 bits per heavy atom. The predicted octanol–water partition coefficient (Wildman–Crippen LogP) is 3.52. The van der Waals surface area contributed by atoms with Gasteiger partial charge in [0, 0.05) is 0 Å². The summed E-state index contributed by atoms with van der Waals surface area (Å²) < 4.78 is 34.0. The molecule has 6 heteroatoms. The molecule has 0 saturated carbocycles. The van der Waals surface area contributed by atoms with E-state index in [1.807, 2.05) is 6.07 Å². The molecule has 2 aromatic carbocycles. The van der Waals surface area contributed by atoms with Gasteiger partial charge in [-0.1, -0.05) is 24.3 Å². The minimum absolute atomic E-state index is 0.0462. The fourth-order valence-corrected chi connectivity index (χ4v) is 1.77. The third-order valence-corrected chi connectivity index (χ3v) is 2.72. The molecule has 1 atom stereocenters. The molecule has 0 aliphatic carbocycles. The SMILES string of the molecule is O=[PH](O)OCc1ccc(F)c(Oc2ccccc2)c1. The van der Waals surface area contributed by atoms with E-state index in [1.165, 1.54) is 18.2 Å². The lowest BCUT2D eigenvalue weighted by Crippen LogP contribution is -1.92. The van der Waals surface area contributed by atoms with Crippen LogP contribution in [0, 0.1) is 5.82 Å². The van der Waals surface area contributed by atoms with Crippen LogP contribution in [0.5, 0.6) is 11.5 Å². The van der Waals surface area contributed by atoms with Gasteiger partial charge in [0.25, 0.3) is 0 Å². The molecule has 19 heavy (non-hydrogen) atoms. The van der Waals surface area contributed by atoms with Gasteiger partial charge in [0.1, 0.15) is 5.75 Å². The number of ether oxygens (including phenoxy) is 1. The second-order valence-corrected chi connectivity index (χ2v) is 4.55. The first-order chi connectivity index (χ1) is 9.15. The van der Waals surface area contributed by atoms with Crippen LogP contribution < -0.4 is 4.74 Å². The molecule has 1 unspecified atom stereocenters. The van der Waals surface area contributed by atoms with E-state index in [2.05, 4.69) is 4.52 Å². The monoisotopic (exact) mass is 282 g/mol. The second-order valence-electron chi connectivity index (χ2n) is 3.73. The highest BCUT2D eigenvalue weighted by Crippen LogP contribution is 2.27. The Morgan fingerprint density at radius 2 is 1.89 bits per heavy atom. The van der Waals surface area contributed by atoms with Gasteiger partial charge in [-0.3, -0.25) is 4.57 Å². The Labute approximate surface area is 110 Å². The average molecular weight is 282 g/mol. The first-order valence-electron chi connectivity index (χ1n) is 5.52. The number of benzene rings is 2. The van der Waals surface area contributed by atoms with E-state index in [0.717, 1.165) is 0 Å². The summed E-state index contributed by atoms with van der Waals surface area (Å²) in [6.45, 7) is -0.0697. The van der Waals surface area contributed by atoms with Gasteiger partial charge >= 0.3 is 8.25 Å². The van der Waals surface area contributed by atoms with E-state index in [9.17, 15) is 8.96 Å². The first-order valence-corrected chi connectivity index (χ1v) is 6.78. The largest absolute Gasteiger partial charge is 0.454 e. The van der Waals surface area contributed by atoms with Crippen molar-refractivity contribution in [1.82, 2.24) is 0 Å². The smallest absolute Gasteiger partial charge is 0.316 e. The normalized spacial score (nSPS) is 12.1. The number of rotatable bonds is 5. The quantitative estimate of drug-likeness (QED) is 0.852. The van der Waals surface area contributed by atoms with Crippen molar-refractivity contribution >= 4 is 8.25 Å². The van der Waals surface area contributed by atoms with Gasteiger partial charge in [-0.05, 0) is 29.8 Å². The zero-order chi connectivity index (χ0) is 13.7. The highest BCUT2D eigenvalue weighted by atomic mass is 31.1. The van der Waals surface area contributed by atoms with Crippen LogP contribution in [0.15, 0.2) is 48.5 Å². The van der Waals surface area contributed by atoms with Gasteiger partial charge in [0.05, 0.1) is 6.61 Å². The molecule has 1 N–H and O–H groups in total. The van der Waals surface area contributed by atoms with Gasteiger partial charge in [-0.25, -0.2) is 4.39 Å². The summed E-state index contributed by atoms with van der Waals surface area (Å²) in [4.78, 5) is 8.59. The summed E-state index contributed by atoms with van der Waals surface area (Å²) in [5.41, 5.74) is 0.555. The molecular weight excluding hydrogens is 270 g/mol. The highest BCUT2D eigenvalue weighted by molar-refractivity contribution is 7.32. The fourth-order valence-electron chi connectivity index (χ4n) is 1.48. The Balaban J connectivity index is 2.15. The minimum atomic E-state index is -3.00. The van der Waals surface area contributed by atoms with Gasteiger partial charge in [0.15, 0.2) is 11.6 Å². The lowest BCUT2D eigenvalue weighted by atomic mass is 10.2. The van der Waals surface area contributed by atoms with Gasteiger partial charge in [0.2, 0.25) is 0 Å². The van der Waals surface area contributed by atoms with Crippen molar-refractivity contribution in [3.63, 3.8) is 0 Å². The maximum absolute atomic E-state index is 13.6. The standard InChI is InChI=1S/C13H12FO4P/c14-12-7-6-10(9-17-19(15)16)8-13(12)18-11-4-2-1-3-5-11/h1-8,19H,9H2,(H,15,16). The van der Waals surface area contributed by atoms with Gasteiger partial charge in [-0.15, -0.1) is 0 Å². The van der Waals surface area contributed by atoms with Crippen molar-refractivity contribution in [3.05, 3.63) is 59.9 Å². The van der Waals surface area contributed by atoms with E-state index in [1.54, 1.807) is 24.3 Å². The summed E-state index contributed by atoms with van der Waals surface area (Å²) in [5.74, 6) is 0.0457. The molecule has 0 heterocycles. The summed E-state index contributed by atoms with van der Waals surface area (Å²) in [6, 6.07) is 12.9. The summed E-state index contributed by atoms with van der Waals surface area (Å²) in [5, 5.41) is 0. The van der Waals surface area contributed by atoms with Crippen molar-refractivity contribution in [1.29, 1.82) is 0 Å². The summed E-state index contributed by atoms with van der Waals surface area (Å²) >= 11 is 0. The van der Waals surface area contributed by atoms with Crippen LogP contribution in [0.4, 0.5) is 4.39 Å². The number of halogens is 1. The minimum Gasteiger partial charge on any atom is -0.454 e. The predicted molar refractivity (Wildman–Crippen MR) is 68.9 cm³/mol. The number of para-hydroxylation sites is 1. The van der Waals surface area contributed by atoms with Crippen LogP contribution in [-0.4, -0.2) is 4.89 Å². The van der Waals surface area contributed by atoms with Gasteiger partial charge < -0.3 is 14.2 Å². The van der Waals surface area contributed by atoms with Crippen LogP contribution >= 0.6 is 8.25 Å². The van der Waals surface area contributed by atoms with Crippen LogP contribution in [-0.2, 0) is 15.7 Å². The van der Waals surface area contributed by atoms with Crippen LogP contribution in [0.3, 0.4) is 0 Å². The lowest BCUT2D eigenvalue weighted by molar-refractivity contribution is 0.272. The van der Waals surface area contributed by atoms with E-state index in [-0.39, 0.29) is 12.4 Å². The van der Waals surface area contributed by atoms with Crippen molar-refractivity contribution < 1.29 is 23.1 Å². The Morgan fingerprint density at radius 3 is 2.58 bits per heavy atom. The van der Waals surface area contributed by atoms with Crippen LogP contribution in [0.1, 0.15) is 5.56 Å². The molecule has 0 aliphatic rings. The molecule has 0 aromatic heterocycles. The van der Waals surface area contributed by atoms with Gasteiger partial charge in [-0.2, -0.15) is 0 Å². The topological polar surface area (TPSA) is 55.8 Å². The highest BCUT2D eigenvalue weighted by Gasteiger charge is 2.07. The number of hydrogen-bond acceptors (Lipinski definition) is 3. The third kappa shape index (κ3) is 4.17. The molecule has 0 saturated heterocycles. The summed E-state index contributed by atoms with van der Waals surface area (Å²) in [6.07, 6.45) is 0. The third-order valence-electron chi connectivity index (χ3n) is 2.33. The first kappa shape index (κ1) is 13.7. The second kappa shape index (κ2) is 6.48. The maximum atomic E-state index is 13.6. The van der Waals surface area contributed by atoms with E-state index >= 15 is 0 Å². The Hall–Kier alpha value is -1.68. The number of hydrogen-bond donors (Lipinski definition) is 1. The molecular formula is C13H12FO4P. The Bertz CT molecular complexity index is 574. The zero-order valence-corrected chi connectivity index (χ0v) is 10.9. The molecule has 0 aliphatic heterocycles.